The van der Waals surface area contributed by atoms with Crippen molar-refractivity contribution in [1.29, 1.82) is 0 Å². The number of pyridine rings is 2. The van der Waals surface area contributed by atoms with Crippen molar-refractivity contribution in [2.24, 2.45) is 30.7 Å². The number of phenolic OH excluding ortho intramolecular Hbond substituents is 1. The molecule has 0 bridgehead atoms. The van der Waals surface area contributed by atoms with E-state index >= 15 is 0 Å². The highest BCUT2D eigenvalue weighted by Crippen LogP contribution is 2.45. The summed E-state index contributed by atoms with van der Waals surface area (Å²) >= 11 is 0. The van der Waals surface area contributed by atoms with Crippen molar-refractivity contribution >= 4 is 130 Å². The molecule has 0 saturated carbocycles. The van der Waals surface area contributed by atoms with Gasteiger partial charge in [0.1, 0.15) is 38.1 Å². The number of nitrogen functional groups attached to an aromatic ring is 1. The minimum absolute atomic E-state index is 0.00232. The molecule has 340 valence electrons. The van der Waals surface area contributed by atoms with Crippen molar-refractivity contribution in [3.05, 3.63) is 109 Å². The Morgan fingerprint density at radius 3 is 1.73 bits per heavy atom. The number of hydrogen-bond acceptors (Lipinski definition) is 19. The monoisotopic (exact) mass is 987 g/mol. The van der Waals surface area contributed by atoms with Gasteiger partial charge in [0.2, 0.25) is 0 Å². The summed E-state index contributed by atoms with van der Waals surface area (Å²) < 4.78 is 135. The lowest BCUT2D eigenvalue weighted by molar-refractivity contribution is 0.0690. The number of nitrogens with two attached hydrogens (primary N) is 1. The molecule has 6 aromatic carbocycles. The largest absolute Gasteiger partial charge is 0.505 e. The van der Waals surface area contributed by atoms with Gasteiger partial charge in [-0.1, -0.05) is 6.07 Å². The van der Waals surface area contributed by atoms with Gasteiger partial charge in [-0.3, -0.25) is 23.2 Å². The van der Waals surface area contributed by atoms with E-state index in [1.54, 1.807) is 0 Å². The average Bonchev–Trinajstić information content (AvgIpc) is 3.25. The van der Waals surface area contributed by atoms with Gasteiger partial charge in [-0.15, -0.1) is 30.7 Å². The van der Waals surface area contributed by atoms with Crippen LogP contribution in [0.2, 0.25) is 0 Å². The lowest BCUT2D eigenvalue weighted by Gasteiger charge is -2.11. The standard InChI is InChI=1S/C39H25N9O15S4/c40-27-16-25-18(13-34(27)66(58,59)60)14-35(67(61,62)63)37(38(25)49)48-46-31-8-7-29(23-3-1-22(15-26(23)31)65(55,56)57)45-47-32-10-9-30(24-4-6-33(39(50)51)42-36(24)32)44-43-20-11-19-12-21(64(52,53)54)2-5-28(19)41-17-20/h1-17,49H,40H2,(H,50,51)(H,52,53,54)(H,55,56,57)(H,58,59,60)(H,61,62,63). The number of aromatic nitrogens is 2. The van der Waals surface area contributed by atoms with Crippen LogP contribution >= 0.6 is 0 Å². The highest BCUT2D eigenvalue weighted by Gasteiger charge is 2.25. The lowest BCUT2D eigenvalue weighted by atomic mass is 10.1. The fourth-order valence-corrected chi connectivity index (χ4v) is 8.96. The van der Waals surface area contributed by atoms with E-state index in [1.165, 1.54) is 72.9 Å². The number of anilines is 1. The SMILES string of the molecule is Nc1cc2c(O)c(N=Nc3ccc(N=Nc4ccc(N=Nc5cnc6ccc(S(=O)(=O)O)cc6c5)c5ccc(C(=O)O)nc45)c4ccc(S(=O)(=O)O)cc34)c(S(=O)(=O)O)cc2cc1S(=O)(=O)O. The number of rotatable bonds is 11. The molecule has 0 atom stereocenters. The molecule has 67 heavy (non-hydrogen) atoms. The first-order valence-electron chi connectivity index (χ1n) is 18.2. The molecular formula is C39H25N9O15S4. The molecule has 0 aliphatic rings. The van der Waals surface area contributed by atoms with Crippen molar-refractivity contribution in [1.82, 2.24) is 9.97 Å². The average molecular weight is 988 g/mol. The zero-order valence-electron chi connectivity index (χ0n) is 33.0. The first kappa shape index (κ1) is 45.7. The van der Waals surface area contributed by atoms with E-state index in [1.807, 2.05) is 0 Å². The van der Waals surface area contributed by atoms with Crippen molar-refractivity contribution in [2.45, 2.75) is 19.6 Å². The third-order valence-electron chi connectivity index (χ3n) is 9.74. The Hall–Kier alpha value is -7.83. The molecule has 0 radical (unpaired) electrons. The lowest BCUT2D eigenvalue weighted by Crippen LogP contribution is -2.04. The molecule has 0 spiro atoms. The van der Waals surface area contributed by atoms with Gasteiger partial charge in [0.25, 0.3) is 40.5 Å². The molecular weight excluding hydrogens is 963 g/mol. The van der Waals surface area contributed by atoms with Crippen LogP contribution in [0.1, 0.15) is 10.5 Å². The van der Waals surface area contributed by atoms with Crippen molar-refractivity contribution in [2.75, 3.05) is 5.73 Å². The number of azo groups is 3. The van der Waals surface area contributed by atoms with E-state index < -0.39 is 78.3 Å². The van der Waals surface area contributed by atoms with Gasteiger partial charge < -0.3 is 15.9 Å². The Kier molecular flexibility index (Phi) is 11.3. The summed E-state index contributed by atoms with van der Waals surface area (Å²) in [6.07, 6.45) is 1.35. The Morgan fingerprint density at radius 1 is 0.522 bits per heavy atom. The van der Waals surface area contributed by atoms with E-state index in [2.05, 4.69) is 40.7 Å². The van der Waals surface area contributed by atoms with Crippen LogP contribution in [0.5, 0.6) is 5.75 Å². The van der Waals surface area contributed by atoms with Crippen LogP contribution in [0.15, 0.2) is 154 Å². The minimum atomic E-state index is -5.25. The van der Waals surface area contributed by atoms with Crippen molar-refractivity contribution in [3.8, 4) is 5.75 Å². The number of nitrogens with zero attached hydrogens (tertiary/aromatic N) is 8. The van der Waals surface area contributed by atoms with Crippen molar-refractivity contribution < 1.29 is 66.9 Å². The molecule has 24 nitrogen and oxygen atoms in total. The number of carboxylic acids is 1. The molecule has 2 aromatic heterocycles. The maximum Gasteiger partial charge on any atom is 0.354 e. The first-order valence-corrected chi connectivity index (χ1v) is 24.0. The molecule has 0 aliphatic carbocycles. The van der Waals surface area contributed by atoms with Gasteiger partial charge in [-0.05, 0) is 96.4 Å². The molecule has 0 unspecified atom stereocenters. The maximum atomic E-state index is 12.5. The number of carbonyl (C=O) groups is 1. The quantitative estimate of drug-likeness (QED) is 0.0363. The second-order valence-electron chi connectivity index (χ2n) is 14.0. The summed E-state index contributed by atoms with van der Waals surface area (Å²) in [5, 5.41) is 45.7. The van der Waals surface area contributed by atoms with Gasteiger partial charge in [-0.2, -0.15) is 33.7 Å². The van der Waals surface area contributed by atoms with Crippen LogP contribution in [0.3, 0.4) is 0 Å². The summed E-state index contributed by atoms with van der Waals surface area (Å²) in [6.45, 7) is 0. The van der Waals surface area contributed by atoms with Crippen LogP contribution in [0.25, 0.3) is 43.4 Å². The number of carboxylic acid groups (broad SMARTS) is 1. The summed E-state index contributed by atoms with van der Waals surface area (Å²) in [4.78, 5) is 17.5. The van der Waals surface area contributed by atoms with E-state index in [0.29, 0.717) is 10.9 Å². The molecule has 8 N–H and O–H groups in total. The molecule has 0 fully saturated rings. The Labute approximate surface area is 375 Å². The van der Waals surface area contributed by atoms with E-state index in [9.17, 15) is 66.9 Å². The Bertz CT molecular complexity index is 4060. The summed E-state index contributed by atoms with van der Waals surface area (Å²) in [7, 11) is -19.5. The zero-order chi connectivity index (χ0) is 48.4. The molecule has 0 aliphatic heterocycles. The third kappa shape index (κ3) is 9.21. The second-order valence-corrected chi connectivity index (χ2v) is 19.7. The van der Waals surface area contributed by atoms with Crippen LogP contribution in [0, 0.1) is 0 Å². The highest BCUT2D eigenvalue weighted by atomic mass is 32.2. The molecule has 0 saturated heterocycles. The fourth-order valence-electron chi connectivity index (χ4n) is 6.65. The van der Waals surface area contributed by atoms with Crippen molar-refractivity contribution in [3.63, 3.8) is 0 Å². The number of aromatic hydroxyl groups is 1. The zero-order valence-corrected chi connectivity index (χ0v) is 36.2. The van der Waals surface area contributed by atoms with E-state index in [4.69, 9.17) is 5.73 Å². The van der Waals surface area contributed by atoms with Crippen LogP contribution in [-0.4, -0.2) is 78.0 Å². The first-order chi connectivity index (χ1) is 31.4. The van der Waals surface area contributed by atoms with Crippen LogP contribution in [0.4, 0.5) is 39.8 Å². The normalized spacial score (nSPS) is 13.0. The third-order valence-corrected chi connectivity index (χ3v) is 13.2. The molecule has 8 aromatic rings. The van der Waals surface area contributed by atoms with Crippen LogP contribution in [-0.2, 0) is 40.5 Å². The molecule has 2 heterocycles. The Balaban J connectivity index is 1.21. The number of fused-ring (bicyclic) bond motifs is 4. The minimum Gasteiger partial charge on any atom is -0.505 e. The summed E-state index contributed by atoms with van der Waals surface area (Å²) in [5.74, 6) is -2.34. The number of benzene rings is 6. The van der Waals surface area contributed by atoms with Gasteiger partial charge in [0.15, 0.2) is 5.75 Å². The molecule has 8 rings (SSSR count). The van der Waals surface area contributed by atoms with E-state index in [0.717, 1.165) is 30.3 Å². The Morgan fingerprint density at radius 2 is 1.07 bits per heavy atom. The van der Waals surface area contributed by atoms with Gasteiger partial charge >= 0.3 is 5.97 Å². The second kappa shape index (κ2) is 16.6. The highest BCUT2D eigenvalue weighted by molar-refractivity contribution is 7.86. The molecule has 0 amide bonds. The summed E-state index contributed by atoms with van der Waals surface area (Å²) in [6, 6.07) is 18.8. The predicted octanol–water partition coefficient (Wildman–Crippen LogP) is 8.31. The fraction of sp³-hybridized carbons (Fsp3) is 0. The molecule has 28 heteroatoms. The van der Waals surface area contributed by atoms with E-state index in [-0.39, 0.29) is 71.5 Å². The number of phenols is 1. The van der Waals surface area contributed by atoms with Crippen LogP contribution < -0.4 is 5.73 Å². The smallest absolute Gasteiger partial charge is 0.354 e. The van der Waals surface area contributed by atoms with Gasteiger partial charge in [0, 0.05) is 26.9 Å². The number of aromatic carboxylic acids is 1. The number of hydrogen-bond donors (Lipinski definition) is 7. The summed E-state index contributed by atoms with van der Waals surface area (Å²) in [5.41, 5.74) is 4.48. The maximum absolute atomic E-state index is 12.5. The van der Waals surface area contributed by atoms with Gasteiger partial charge in [0.05, 0.1) is 44.3 Å². The van der Waals surface area contributed by atoms with Gasteiger partial charge in [-0.25, -0.2) is 9.78 Å². The topological polar surface area (TPSA) is 401 Å². The predicted molar refractivity (Wildman–Crippen MR) is 236 cm³/mol.